The molecule has 2 aromatic heterocycles. The first kappa shape index (κ1) is 18.0. The van der Waals surface area contributed by atoms with E-state index in [4.69, 9.17) is 33.7 Å². The Morgan fingerprint density at radius 1 is 1.27 bits per heavy atom. The molecule has 1 saturated heterocycles. The number of anilines is 1. The van der Waals surface area contributed by atoms with E-state index in [1.54, 1.807) is 11.3 Å². The second kappa shape index (κ2) is 7.71. The summed E-state index contributed by atoms with van der Waals surface area (Å²) in [5.41, 5.74) is 9.08. The molecular weight excluding hydrogens is 389 g/mol. The molecule has 1 aromatic carbocycles. The highest BCUT2D eigenvalue weighted by atomic mass is 35.5. The van der Waals surface area contributed by atoms with E-state index >= 15 is 0 Å². The van der Waals surface area contributed by atoms with Crippen LogP contribution in [0.3, 0.4) is 0 Å². The summed E-state index contributed by atoms with van der Waals surface area (Å²) in [4.78, 5) is 5.38. The van der Waals surface area contributed by atoms with Crippen molar-refractivity contribution in [1.29, 1.82) is 0 Å². The number of fused-ring (bicyclic) bond motifs is 1. The SMILES string of the molecule is N[C@H]1CCCO[C@@H]1c1sc2c(NCc3ccccc3)cc(Cl)nc2c1Cl. The molecule has 26 heavy (non-hydrogen) atoms. The first-order chi connectivity index (χ1) is 12.6. The molecule has 0 aliphatic carbocycles. The van der Waals surface area contributed by atoms with E-state index in [1.165, 1.54) is 5.56 Å². The van der Waals surface area contributed by atoms with Crippen LogP contribution >= 0.6 is 34.5 Å². The van der Waals surface area contributed by atoms with E-state index in [2.05, 4.69) is 22.4 Å². The van der Waals surface area contributed by atoms with Gasteiger partial charge in [-0.15, -0.1) is 11.3 Å². The van der Waals surface area contributed by atoms with E-state index in [9.17, 15) is 0 Å². The van der Waals surface area contributed by atoms with E-state index in [0.717, 1.165) is 28.1 Å². The Balaban J connectivity index is 1.70. The standard InChI is InChI=1S/C19H19Cl2N3OS/c20-14-9-13(23-10-11-5-2-1-3-6-11)18-16(24-14)15(21)19(26-18)17-12(22)7-4-8-25-17/h1-3,5-6,9,12,17H,4,7-8,10,22H2,(H,23,24)/t12-,17-/m0/s1. The van der Waals surface area contributed by atoms with Crippen molar-refractivity contribution in [3.63, 3.8) is 0 Å². The lowest BCUT2D eigenvalue weighted by Gasteiger charge is -2.28. The zero-order valence-electron chi connectivity index (χ0n) is 14.0. The number of thiophene rings is 1. The van der Waals surface area contributed by atoms with Gasteiger partial charge < -0.3 is 15.8 Å². The third-order valence-corrected chi connectivity index (χ3v) is 6.49. The molecule has 136 valence electrons. The largest absolute Gasteiger partial charge is 0.380 e. The van der Waals surface area contributed by atoms with Crippen molar-refractivity contribution in [2.24, 2.45) is 5.73 Å². The van der Waals surface area contributed by atoms with Crippen molar-refractivity contribution in [3.8, 4) is 0 Å². The van der Waals surface area contributed by atoms with Crippen LogP contribution in [0.4, 0.5) is 5.69 Å². The molecule has 1 fully saturated rings. The Labute approximate surface area is 166 Å². The highest BCUT2D eigenvalue weighted by Gasteiger charge is 2.30. The van der Waals surface area contributed by atoms with Gasteiger partial charge in [-0.3, -0.25) is 0 Å². The third-order valence-electron chi connectivity index (χ3n) is 4.53. The monoisotopic (exact) mass is 407 g/mol. The fraction of sp³-hybridized carbons (Fsp3) is 0.316. The number of halogens is 2. The van der Waals surface area contributed by atoms with Crippen LogP contribution < -0.4 is 11.1 Å². The van der Waals surface area contributed by atoms with Crippen molar-refractivity contribution in [3.05, 3.63) is 57.0 Å². The highest BCUT2D eigenvalue weighted by molar-refractivity contribution is 7.20. The lowest BCUT2D eigenvalue weighted by Crippen LogP contribution is -2.34. The maximum Gasteiger partial charge on any atom is 0.131 e. The number of benzene rings is 1. The quantitative estimate of drug-likeness (QED) is 0.568. The van der Waals surface area contributed by atoms with Gasteiger partial charge in [0.05, 0.1) is 20.3 Å². The Morgan fingerprint density at radius 2 is 2.08 bits per heavy atom. The first-order valence-electron chi connectivity index (χ1n) is 8.57. The zero-order valence-corrected chi connectivity index (χ0v) is 16.4. The maximum atomic E-state index is 6.64. The lowest BCUT2D eigenvalue weighted by molar-refractivity contribution is 0.00244. The number of nitrogens with one attached hydrogen (secondary N) is 1. The minimum atomic E-state index is -0.184. The summed E-state index contributed by atoms with van der Waals surface area (Å²) in [7, 11) is 0. The summed E-state index contributed by atoms with van der Waals surface area (Å²) in [6, 6.07) is 12.0. The number of pyridine rings is 1. The molecule has 1 aliphatic rings. The molecule has 2 atom stereocenters. The molecule has 0 radical (unpaired) electrons. The molecule has 3 heterocycles. The summed E-state index contributed by atoms with van der Waals surface area (Å²) < 4.78 is 6.88. The van der Waals surface area contributed by atoms with Gasteiger partial charge >= 0.3 is 0 Å². The molecule has 4 rings (SSSR count). The predicted molar refractivity (Wildman–Crippen MR) is 109 cm³/mol. The maximum absolute atomic E-state index is 6.64. The van der Waals surface area contributed by atoms with Crippen LogP contribution in [0.15, 0.2) is 36.4 Å². The number of nitrogens with two attached hydrogens (primary N) is 1. The lowest BCUT2D eigenvalue weighted by atomic mass is 10.0. The Morgan fingerprint density at radius 3 is 2.85 bits per heavy atom. The van der Waals surface area contributed by atoms with E-state index < -0.39 is 0 Å². The number of aromatic nitrogens is 1. The number of hydrogen-bond donors (Lipinski definition) is 2. The summed E-state index contributed by atoms with van der Waals surface area (Å²) in [5.74, 6) is 0. The van der Waals surface area contributed by atoms with Gasteiger partial charge in [-0.2, -0.15) is 0 Å². The van der Waals surface area contributed by atoms with Crippen molar-refractivity contribution < 1.29 is 4.74 Å². The fourth-order valence-electron chi connectivity index (χ4n) is 3.21. The zero-order chi connectivity index (χ0) is 18.1. The molecular formula is C19H19Cl2N3OS. The number of rotatable bonds is 4. The van der Waals surface area contributed by atoms with Gasteiger partial charge in [0, 0.05) is 25.3 Å². The molecule has 1 aliphatic heterocycles. The van der Waals surface area contributed by atoms with E-state index in [-0.39, 0.29) is 12.1 Å². The van der Waals surface area contributed by atoms with Crippen LogP contribution in [0.5, 0.6) is 0 Å². The molecule has 4 nitrogen and oxygen atoms in total. The Hall–Kier alpha value is -1.37. The highest BCUT2D eigenvalue weighted by Crippen LogP contribution is 2.45. The minimum absolute atomic E-state index is 0.0505. The molecule has 3 aromatic rings. The second-order valence-electron chi connectivity index (χ2n) is 6.39. The molecule has 0 amide bonds. The van der Waals surface area contributed by atoms with Crippen LogP contribution in [0.2, 0.25) is 10.2 Å². The predicted octanol–water partition coefficient (Wildman–Crippen LogP) is 5.39. The average molecular weight is 408 g/mol. The summed E-state index contributed by atoms with van der Waals surface area (Å²) in [6.07, 6.45) is 1.73. The van der Waals surface area contributed by atoms with E-state index in [1.807, 2.05) is 24.3 Å². The van der Waals surface area contributed by atoms with Gasteiger partial charge in [0.2, 0.25) is 0 Å². The number of ether oxygens (including phenoxy) is 1. The van der Waals surface area contributed by atoms with Gasteiger partial charge in [-0.25, -0.2) is 4.98 Å². The molecule has 0 bridgehead atoms. The van der Waals surface area contributed by atoms with Crippen molar-refractivity contribution in [2.75, 3.05) is 11.9 Å². The summed E-state index contributed by atoms with van der Waals surface area (Å²) in [5, 5.41) is 4.46. The van der Waals surface area contributed by atoms with Crippen LogP contribution in [-0.2, 0) is 11.3 Å². The first-order valence-corrected chi connectivity index (χ1v) is 10.1. The van der Waals surface area contributed by atoms with Crippen molar-refractivity contribution in [2.45, 2.75) is 31.5 Å². The molecule has 0 unspecified atom stereocenters. The average Bonchev–Trinajstić information content (AvgIpc) is 2.98. The molecule has 3 N–H and O–H groups in total. The topological polar surface area (TPSA) is 60.2 Å². The van der Waals surface area contributed by atoms with Crippen LogP contribution in [0, 0.1) is 0 Å². The van der Waals surface area contributed by atoms with Gasteiger partial charge in [-0.05, 0) is 18.4 Å². The summed E-state index contributed by atoms with van der Waals surface area (Å²) in [6.45, 7) is 1.40. The van der Waals surface area contributed by atoms with Gasteiger partial charge in [0.15, 0.2) is 0 Å². The minimum Gasteiger partial charge on any atom is -0.380 e. The number of nitrogens with zero attached hydrogens (tertiary/aromatic N) is 1. The smallest absolute Gasteiger partial charge is 0.131 e. The molecule has 7 heteroatoms. The Bertz CT molecular complexity index is 916. The Kier molecular flexibility index (Phi) is 5.34. The summed E-state index contributed by atoms with van der Waals surface area (Å²) >= 11 is 14.5. The third kappa shape index (κ3) is 3.55. The van der Waals surface area contributed by atoms with E-state index in [0.29, 0.717) is 28.8 Å². The van der Waals surface area contributed by atoms with Crippen molar-refractivity contribution >= 4 is 50.4 Å². The van der Waals surface area contributed by atoms with Crippen LogP contribution in [0.25, 0.3) is 10.2 Å². The molecule has 0 spiro atoms. The number of hydrogen-bond acceptors (Lipinski definition) is 5. The van der Waals surface area contributed by atoms with Crippen LogP contribution in [-0.4, -0.2) is 17.6 Å². The van der Waals surface area contributed by atoms with Crippen LogP contribution in [0.1, 0.15) is 29.4 Å². The molecule has 0 saturated carbocycles. The fourth-order valence-corrected chi connectivity index (χ4v) is 5.07. The van der Waals surface area contributed by atoms with Gasteiger partial charge in [-0.1, -0.05) is 53.5 Å². The normalized spacial score (nSPS) is 20.4. The van der Waals surface area contributed by atoms with Gasteiger partial charge in [0.25, 0.3) is 0 Å². The van der Waals surface area contributed by atoms with Gasteiger partial charge in [0.1, 0.15) is 16.8 Å². The van der Waals surface area contributed by atoms with Crippen molar-refractivity contribution in [1.82, 2.24) is 4.98 Å². The second-order valence-corrected chi connectivity index (χ2v) is 8.20.